The van der Waals surface area contributed by atoms with Crippen molar-refractivity contribution >= 4 is 5.78 Å². The first-order valence-corrected chi connectivity index (χ1v) is 7.69. The molecule has 0 bridgehead atoms. The Bertz CT molecular complexity index is 264. The van der Waals surface area contributed by atoms with E-state index in [9.17, 15) is 4.79 Å². The number of hydrogen-bond donors (Lipinski definition) is 1. The predicted octanol–water partition coefficient (Wildman–Crippen LogP) is 2.20. The molecule has 0 aromatic heterocycles. The quantitative estimate of drug-likeness (QED) is 0.834. The van der Waals surface area contributed by atoms with Crippen LogP contribution in [0.25, 0.3) is 0 Å². The van der Waals surface area contributed by atoms with E-state index in [0.717, 1.165) is 44.7 Å². The van der Waals surface area contributed by atoms with Gasteiger partial charge in [-0.15, -0.1) is 0 Å². The molecule has 2 fully saturated rings. The van der Waals surface area contributed by atoms with E-state index in [1.165, 1.54) is 19.3 Å². The highest BCUT2D eigenvalue weighted by molar-refractivity contribution is 5.83. The van der Waals surface area contributed by atoms with Gasteiger partial charge in [0, 0.05) is 25.0 Å². The van der Waals surface area contributed by atoms with Crippen molar-refractivity contribution in [3.8, 4) is 0 Å². The number of nitrogens with zero attached hydrogens (tertiary/aromatic N) is 1. The van der Waals surface area contributed by atoms with Crippen molar-refractivity contribution < 1.29 is 4.79 Å². The van der Waals surface area contributed by atoms with Gasteiger partial charge in [0.25, 0.3) is 0 Å². The van der Waals surface area contributed by atoms with Crippen LogP contribution in [0, 0.1) is 11.8 Å². The van der Waals surface area contributed by atoms with Crippen LogP contribution in [0.4, 0.5) is 0 Å². The monoisotopic (exact) mass is 252 g/mol. The van der Waals surface area contributed by atoms with Crippen LogP contribution in [0.2, 0.25) is 0 Å². The summed E-state index contributed by atoms with van der Waals surface area (Å²) in [6, 6.07) is 0.358. The molecule has 0 amide bonds. The average Bonchev–Trinajstić information content (AvgIpc) is 2.41. The van der Waals surface area contributed by atoms with Gasteiger partial charge in [0.15, 0.2) is 0 Å². The maximum atomic E-state index is 12.3. The summed E-state index contributed by atoms with van der Waals surface area (Å²) in [5, 5.41) is 0. The first-order chi connectivity index (χ1) is 8.69. The normalized spacial score (nSPS) is 31.4. The van der Waals surface area contributed by atoms with Gasteiger partial charge in [-0.3, -0.25) is 9.69 Å². The highest BCUT2D eigenvalue weighted by atomic mass is 16.1. The van der Waals surface area contributed by atoms with Crippen LogP contribution >= 0.6 is 0 Å². The number of carbonyl (C=O) groups is 1. The number of rotatable bonds is 4. The van der Waals surface area contributed by atoms with E-state index in [-0.39, 0.29) is 0 Å². The Morgan fingerprint density at radius 3 is 2.28 bits per heavy atom. The Morgan fingerprint density at radius 2 is 1.72 bits per heavy atom. The lowest BCUT2D eigenvalue weighted by atomic mass is 9.79. The number of nitrogens with two attached hydrogens (primary N) is 1. The summed E-state index contributed by atoms with van der Waals surface area (Å²) < 4.78 is 0. The minimum atomic E-state index is 0.350. The molecule has 2 rings (SSSR count). The van der Waals surface area contributed by atoms with E-state index in [2.05, 4.69) is 11.8 Å². The van der Waals surface area contributed by atoms with E-state index in [1.807, 2.05) is 0 Å². The van der Waals surface area contributed by atoms with Crippen LogP contribution in [0.5, 0.6) is 0 Å². The Labute approximate surface area is 111 Å². The molecule has 0 atom stereocenters. The lowest BCUT2D eigenvalue weighted by Crippen LogP contribution is -2.43. The van der Waals surface area contributed by atoms with Gasteiger partial charge in [-0.1, -0.05) is 13.3 Å². The van der Waals surface area contributed by atoms with Crippen molar-refractivity contribution in [3.63, 3.8) is 0 Å². The molecule has 0 spiro atoms. The fourth-order valence-electron chi connectivity index (χ4n) is 3.35. The summed E-state index contributed by atoms with van der Waals surface area (Å²) in [5.41, 5.74) is 5.89. The zero-order chi connectivity index (χ0) is 13.0. The van der Waals surface area contributed by atoms with Crippen LogP contribution < -0.4 is 5.73 Å². The molecular formula is C15H28N2O. The molecule has 104 valence electrons. The van der Waals surface area contributed by atoms with Gasteiger partial charge < -0.3 is 5.73 Å². The third kappa shape index (κ3) is 3.79. The van der Waals surface area contributed by atoms with E-state index in [4.69, 9.17) is 5.73 Å². The SMILES string of the molecule is CCC1CCC(C(=O)CN2CCC(N)CC2)CC1. The van der Waals surface area contributed by atoms with Crippen molar-refractivity contribution in [2.45, 2.75) is 57.9 Å². The standard InChI is InChI=1S/C15H28N2O/c1-2-12-3-5-13(6-4-12)15(18)11-17-9-7-14(16)8-10-17/h12-14H,2-11,16H2,1H3. The van der Waals surface area contributed by atoms with Crippen LogP contribution in [-0.4, -0.2) is 36.4 Å². The molecule has 0 aromatic carbocycles. The molecule has 0 aromatic rings. The maximum Gasteiger partial charge on any atom is 0.149 e. The number of likely N-dealkylation sites (tertiary alicyclic amines) is 1. The molecule has 1 aliphatic heterocycles. The number of carbonyl (C=O) groups excluding carboxylic acids is 1. The van der Waals surface area contributed by atoms with Gasteiger partial charge in [-0.05, 0) is 44.4 Å². The maximum absolute atomic E-state index is 12.3. The second-order valence-corrected chi connectivity index (χ2v) is 6.21. The van der Waals surface area contributed by atoms with E-state index >= 15 is 0 Å². The molecule has 2 aliphatic rings. The Balaban J connectivity index is 1.72. The average molecular weight is 252 g/mol. The summed E-state index contributed by atoms with van der Waals surface area (Å²) in [7, 11) is 0. The third-order valence-corrected chi connectivity index (χ3v) is 4.89. The van der Waals surface area contributed by atoms with Gasteiger partial charge >= 0.3 is 0 Å². The lowest BCUT2D eigenvalue weighted by molar-refractivity contribution is -0.125. The van der Waals surface area contributed by atoms with E-state index in [0.29, 0.717) is 24.3 Å². The van der Waals surface area contributed by atoms with Crippen molar-refractivity contribution in [2.75, 3.05) is 19.6 Å². The zero-order valence-electron chi connectivity index (χ0n) is 11.7. The molecule has 3 nitrogen and oxygen atoms in total. The number of ketones is 1. The van der Waals surface area contributed by atoms with Crippen molar-refractivity contribution in [1.82, 2.24) is 4.90 Å². The Morgan fingerprint density at radius 1 is 1.11 bits per heavy atom. The molecule has 1 saturated carbocycles. The number of hydrogen-bond acceptors (Lipinski definition) is 3. The van der Waals surface area contributed by atoms with E-state index in [1.54, 1.807) is 0 Å². The van der Waals surface area contributed by atoms with Gasteiger partial charge in [0.05, 0.1) is 6.54 Å². The molecule has 1 heterocycles. The van der Waals surface area contributed by atoms with Crippen LogP contribution in [0.15, 0.2) is 0 Å². The minimum absolute atomic E-state index is 0.350. The van der Waals surface area contributed by atoms with Crippen LogP contribution in [0.1, 0.15) is 51.9 Å². The second-order valence-electron chi connectivity index (χ2n) is 6.21. The molecule has 18 heavy (non-hydrogen) atoms. The zero-order valence-corrected chi connectivity index (χ0v) is 11.7. The molecule has 3 heteroatoms. The largest absolute Gasteiger partial charge is 0.328 e. The summed E-state index contributed by atoms with van der Waals surface area (Å²) in [6.45, 7) is 4.96. The molecule has 0 radical (unpaired) electrons. The van der Waals surface area contributed by atoms with Gasteiger partial charge in [-0.25, -0.2) is 0 Å². The van der Waals surface area contributed by atoms with Crippen molar-refractivity contribution in [3.05, 3.63) is 0 Å². The fourth-order valence-corrected chi connectivity index (χ4v) is 3.35. The topological polar surface area (TPSA) is 46.3 Å². The van der Waals surface area contributed by atoms with Crippen molar-refractivity contribution in [1.29, 1.82) is 0 Å². The molecular weight excluding hydrogens is 224 g/mol. The van der Waals surface area contributed by atoms with E-state index < -0.39 is 0 Å². The third-order valence-electron chi connectivity index (χ3n) is 4.89. The lowest BCUT2D eigenvalue weighted by Gasteiger charge is -2.32. The summed E-state index contributed by atoms with van der Waals surface area (Å²) in [4.78, 5) is 14.6. The van der Waals surface area contributed by atoms with Gasteiger partial charge in [0.2, 0.25) is 0 Å². The fraction of sp³-hybridized carbons (Fsp3) is 0.933. The number of Topliss-reactive ketones (excluding diaryl/α,β-unsaturated/α-hetero) is 1. The van der Waals surface area contributed by atoms with Crippen molar-refractivity contribution in [2.24, 2.45) is 17.6 Å². The van der Waals surface area contributed by atoms with Crippen LogP contribution in [0.3, 0.4) is 0 Å². The summed E-state index contributed by atoms with van der Waals surface area (Å²) in [6.07, 6.45) is 8.17. The van der Waals surface area contributed by atoms with Gasteiger partial charge in [0.1, 0.15) is 5.78 Å². The first kappa shape index (κ1) is 14.0. The molecule has 1 saturated heterocycles. The highest BCUT2D eigenvalue weighted by Gasteiger charge is 2.27. The summed E-state index contributed by atoms with van der Waals surface area (Å²) in [5.74, 6) is 1.71. The molecule has 2 N–H and O–H groups in total. The Kier molecular flexibility index (Phi) is 5.19. The van der Waals surface area contributed by atoms with Gasteiger partial charge in [-0.2, -0.15) is 0 Å². The molecule has 0 unspecified atom stereocenters. The smallest absolute Gasteiger partial charge is 0.149 e. The highest BCUT2D eigenvalue weighted by Crippen LogP contribution is 2.31. The summed E-state index contributed by atoms with van der Waals surface area (Å²) >= 11 is 0. The molecule has 1 aliphatic carbocycles. The van der Waals surface area contributed by atoms with Crippen LogP contribution in [-0.2, 0) is 4.79 Å². The Hall–Kier alpha value is -0.410. The predicted molar refractivity (Wildman–Crippen MR) is 74.4 cm³/mol. The minimum Gasteiger partial charge on any atom is -0.328 e. The number of piperidine rings is 1. The second kappa shape index (κ2) is 6.67. The first-order valence-electron chi connectivity index (χ1n) is 7.69.